The number of hydrogen-bond donors (Lipinski definition) is 2. The largest absolute Gasteiger partial charge is 0.397 e. The van der Waals surface area contributed by atoms with Gasteiger partial charge in [0.1, 0.15) is 0 Å². The number of fused-ring (bicyclic) bond motifs is 1. The third kappa shape index (κ3) is 2.26. The highest BCUT2D eigenvalue weighted by Crippen LogP contribution is 2.32. The average molecular weight is 260 g/mol. The summed E-state index contributed by atoms with van der Waals surface area (Å²) in [6, 6.07) is 4.05. The molecule has 1 aromatic carbocycles. The summed E-state index contributed by atoms with van der Waals surface area (Å²) in [5.74, 6) is 0. The van der Waals surface area contributed by atoms with Gasteiger partial charge in [0, 0.05) is 18.5 Å². The molecule has 1 aliphatic rings. The van der Waals surface area contributed by atoms with Crippen LogP contribution in [0.15, 0.2) is 18.3 Å². The molecule has 3 rings (SSSR count). The second-order valence-corrected chi connectivity index (χ2v) is 5.94. The first-order valence-electron chi connectivity index (χ1n) is 6.60. The molecule has 2 aromatic rings. The van der Waals surface area contributed by atoms with Crippen molar-refractivity contribution in [1.82, 2.24) is 10.2 Å². The van der Waals surface area contributed by atoms with E-state index in [2.05, 4.69) is 41.9 Å². The van der Waals surface area contributed by atoms with Gasteiger partial charge in [-0.15, -0.1) is 0 Å². The Hall–Kier alpha value is -1.75. The molecular weight excluding hydrogens is 240 g/mol. The van der Waals surface area contributed by atoms with Crippen molar-refractivity contribution in [3.63, 3.8) is 0 Å². The van der Waals surface area contributed by atoms with Gasteiger partial charge in [0.05, 0.1) is 34.8 Å². The van der Waals surface area contributed by atoms with Gasteiger partial charge < -0.3 is 15.4 Å². The van der Waals surface area contributed by atoms with Gasteiger partial charge in [0.2, 0.25) is 0 Å². The molecule has 0 saturated carbocycles. The number of anilines is 2. The standard InChI is InChI=1S/C14H20N4O/c1-9-7-18(8-14(2,3)19-9)13-5-12-10(4-11(13)15)6-16-17-12/h4-6,9H,7-8,15H2,1-3H3,(H,16,17). The van der Waals surface area contributed by atoms with Gasteiger partial charge in [-0.3, -0.25) is 5.10 Å². The molecule has 0 aliphatic carbocycles. The van der Waals surface area contributed by atoms with Crippen molar-refractivity contribution in [3.05, 3.63) is 18.3 Å². The van der Waals surface area contributed by atoms with E-state index in [0.717, 1.165) is 35.4 Å². The van der Waals surface area contributed by atoms with E-state index in [1.165, 1.54) is 0 Å². The zero-order valence-electron chi connectivity index (χ0n) is 11.6. The molecule has 1 unspecified atom stereocenters. The zero-order chi connectivity index (χ0) is 13.6. The Balaban J connectivity index is 2.00. The summed E-state index contributed by atoms with van der Waals surface area (Å²) in [6.45, 7) is 8.01. The van der Waals surface area contributed by atoms with Crippen molar-refractivity contribution in [2.75, 3.05) is 23.7 Å². The smallest absolute Gasteiger partial charge is 0.0805 e. The fourth-order valence-corrected chi connectivity index (χ4v) is 2.91. The van der Waals surface area contributed by atoms with E-state index >= 15 is 0 Å². The molecule has 1 atom stereocenters. The summed E-state index contributed by atoms with van der Waals surface area (Å²) < 4.78 is 5.94. The summed E-state index contributed by atoms with van der Waals surface area (Å²) in [4.78, 5) is 2.30. The third-order valence-corrected chi connectivity index (χ3v) is 3.50. The molecule has 5 heteroatoms. The van der Waals surface area contributed by atoms with E-state index < -0.39 is 0 Å². The Morgan fingerprint density at radius 1 is 1.47 bits per heavy atom. The molecule has 0 bridgehead atoms. The highest BCUT2D eigenvalue weighted by Gasteiger charge is 2.32. The summed E-state index contributed by atoms with van der Waals surface area (Å²) in [7, 11) is 0. The Labute approximate surface area is 112 Å². The zero-order valence-corrected chi connectivity index (χ0v) is 11.6. The summed E-state index contributed by atoms with van der Waals surface area (Å²) in [5.41, 5.74) is 8.89. The number of nitrogens with one attached hydrogen (secondary N) is 1. The van der Waals surface area contributed by atoms with Gasteiger partial charge >= 0.3 is 0 Å². The lowest BCUT2D eigenvalue weighted by Crippen LogP contribution is -2.52. The van der Waals surface area contributed by atoms with Crippen LogP contribution >= 0.6 is 0 Å². The fourth-order valence-electron chi connectivity index (χ4n) is 2.91. The van der Waals surface area contributed by atoms with Crippen LogP contribution in [0.5, 0.6) is 0 Å². The fraction of sp³-hybridized carbons (Fsp3) is 0.500. The van der Waals surface area contributed by atoms with E-state index in [4.69, 9.17) is 10.5 Å². The number of H-pyrrole nitrogens is 1. The Kier molecular flexibility index (Phi) is 2.67. The van der Waals surface area contributed by atoms with E-state index in [-0.39, 0.29) is 11.7 Å². The van der Waals surface area contributed by atoms with Crippen molar-refractivity contribution in [2.24, 2.45) is 0 Å². The summed E-state index contributed by atoms with van der Waals surface area (Å²) in [6.07, 6.45) is 1.99. The molecule has 5 nitrogen and oxygen atoms in total. The second kappa shape index (κ2) is 4.13. The van der Waals surface area contributed by atoms with Crippen LogP contribution in [-0.4, -0.2) is 35.0 Å². The lowest BCUT2D eigenvalue weighted by molar-refractivity contribution is -0.0749. The minimum atomic E-state index is -0.160. The number of morpholine rings is 1. The molecule has 0 radical (unpaired) electrons. The molecule has 1 aromatic heterocycles. The van der Waals surface area contributed by atoms with E-state index in [0.29, 0.717) is 0 Å². The maximum absolute atomic E-state index is 6.19. The van der Waals surface area contributed by atoms with Gasteiger partial charge in [0.15, 0.2) is 0 Å². The van der Waals surface area contributed by atoms with E-state index in [1.807, 2.05) is 6.07 Å². The van der Waals surface area contributed by atoms with Gasteiger partial charge in [-0.05, 0) is 32.9 Å². The van der Waals surface area contributed by atoms with Crippen LogP contribution in [0, 0.1) is 0 Å². The molecular formula is C14H20N4O. The highest BCUT2D eigenvalue weighted by molar-refractivity contribution is 5.89. The van der Waals surface area contributed by atoms with Crippen LogP contribution in [0.25, 0.3) is 10.9 Å². The monoisotopic (exact) mass is 260 g/mol. The number of nitrogen functional groups attached to an aromatic ring is 1. The van der Waals surface area contributed by atoms with Crippen molar-refractivity contribution in [1.29, 1.82) is 0 Å². The topological polar surface area (TPSA) is 67.2 Å². The van der Waals surface area contributed by atoms with Crippen LogP contribution < -0.4 is 10.6 Å². The maximum atomic E-state index is 6.19. The number of aromatic amines is 1. The van der Waals surface area contributed by atoms with Gasteiger partial charge in [0.25, 0.3) is 0 Å². The predicted octanol–water partition coefficient (Wildman–Crippen LogP) is 2.15. The molecule has 1 fully saturated rings. The minimum absolute atomic E-state index is 0.160. The Morgan fingerprint density at radius 3 is 3.00 bits per heavy atom. The number of nitrogens with zero attached hydrogens (tertiary/aromatic N) is 2. The van der Waals surface area contributed by atoms with Crippen LogP contribution in [-0.2, 0) is 4.74 Å². The van der Waals surface area contributed by atoms with Gasteiger partial charge in [-0.2, -0.15) is 5.10 Å². The third-order valence-electron chi connectivity index (χ3n) is 3.50. The quantitative estimate of drug-likeness (QED) is 0.771. The minimum Gasteiger partial charge on any atom is -0.397 e. The first-order chi connectivity index (χ1) is 8.94. The van der Waals surface area contributed by atoms with Crippen molar-refractivity contribution < 1.29 is 4.74 Å². The number of hydrogen-bond acceptors (Lipinski definition) is 4. The second-order valence-electron chi connectivity index (χ2n) is 5.94. The number of aromatic nitrogens is 2. The van der Waals surface area contributed by atoms with E-state index in [1.54, 1.807) is 6.20 Å². The number of benzene rings is 1. The Morgan fingerprint density at radius 2 is 2.26 bits per heavy atom. The molecule has 2 heterocycles. The predicted molar refractivity (Wildman–Crippen MR) is 77.3 cm³/mol. The van der Waals surface area contributed by atoms with Crippen LogP contribution in [0.2, 0.25) is 0 Å². The van der Waals surface area contributed by atoms with Crippen molar-refractivity contribution >= 4 is 22.3 Å². The van der Waals surface area contributed by atoms with Crippen LogP contribution in [0.4, 0.5) is 11.4 Å². The lowest BCUT2D eigenvalue weighted by Gasteiger charge is -2.43. The van der Waals surface area contributed by atoms with Crippen molar-refractivity contribution in [3.8, 4) is 0 Å². The first-order valence-corrected chi connectivity index (χ1v) is 6.60. The van der Waals surface area contributed by atoms with E-state index in [9.17, 15) is 0 Å². The highest BCUT2D eigenvalue weighted by atomic mass is 16.5. The number of nitrogens with two attached hydrogens (primary N) is 1. The van der Waals surface area contributed by atoms with Crippen LogP contribution in [0.3, 0.4) is 0 Å². The maximum Gasteiger partial charge on any atom is 0.0805 e. The molecule has 102 valence electrons. The van der Waals surface area contributed by atoms with Gasteiger partial charge in [-0.25, -0.2) is 0 Å². The average Bonchev–Trinajstić information content (AvgIpc) is 2.71. The number of rotatable bonds is 1. The molecule has 19 heavy (non-hydrogen) atoms. The van der Waals surface area contributed by atoms with Crippen molar-refractivity contribution in [2.45, 2.75) is 32.5 Å². The van der Waals surface area contributed by atoms with Gasteiger partial charge in [-0.1, -0.05) is 0 Å². The molecule has 0 spiro atoms. The first kappa shape index (κ1) is 12.3. The lowest BCUT2D eigenvalue weighted by atomic mass is 10.0. The molecule has 1 saturated heterocycles. The number of ether oxygens (including phenoxy) is 1. The summed E-state index contributed by atoms with van der Waals surface area (Å²) in [5, 5.41) is 8.09. The molecule has 1 aliphatic heterocycles. The van der Waals surface area contributed by atoms with Crippen LogP contribution in [0.1, 0.15) is 20.8 Å². The Bertz CT molecular complexity index is 605. The SMILES string of the molecule is CC1CN(c2cc3[nH]ncc3cc2N)CC(C)(C)O1. The normalized spacial score (nSPS) is 22.9. The molecule has 0 amide bonds. The molecule has 3 N–H and O–H groups in total. The summed E-state index contributed by atoms with van der Waals surface area (Å²) >= 11 is 0.